The molecule has 0 fully saturated rings. The fourth-order valence-electron chi connectivity index (χ4n) is 6.99. The predicted molar refractivity (Wildman–Crippen MR) is 286 cm³/mol. The van der Waals surface area contributed by atoms with Gasteiger partial charge in [0.1, 0.15) is 19.8 Å². The first-order chi connectivity index (χ1) is 33.0. The summed E-state index contributed by atoms with van der Waals surface area (Å²) in [5, 5.41) is 0. The Labute approximate surface area is 417 Å². The summed E-state index contributed by atoms with van der Waals surface area (Å²) in [5.74, 6) is -0.853. The van der Waals surface area contributed by atoms with Crippen molar-refractivity contribution in [3.63, 3.8) is 0 Å². The van der Waals surface area contributed by atoms with Crippen molar-refractivity contribution in [3.8, 4) is 0 Å². The Kier molecular flexibility index (Phi) is 46.7. The van der Waals surface area contributed by atoms with Crippen LogP contribution in [0.3, 0.4) is 0 Å². The summed E-state index contributed by atoms with van der Waals surface area (Å²) in [7, 11) is 1.15. The Morgan fingerprint density at radius 2 is 0.794 bits per heavy atom. The second-order valence-corrected chi connectivity index (χ2v) is 20.2. The van der Waals surface area contributed by atoms with E-state index in [0.717, 1.165) is 103 Å². The van der Waals surface area contributed by atoms with Gasteiger partial charge in [-0.25, -0.2) is 0 Å². The molecule has 9 nitrogen and oxygen atoms in total. The lowest BCUT2D eigenvalue weighted by Crippen LogP contribution is -2.37. The number of nitrogens with zero attached hydrogens (tertiary/aromatic N) is 1. The fourth-order valence-corrected chi connectivity index (χ4v) is 7.72. The van der Waals surface area contributed by atoms with Crippen LogP contribution in [0.5, 0.6) is 0 Å². The molecule has 0 rings (SSSR count). The van der Waals surface area contributed by atoms with E-state index >= 15 is 0 Å². The third kappa shape index (κ3) is 52.3. The van der Waals surface area contributed by atoms with E-state index in [-0.39, 0.29) is 26.1 Å². The molecule has 0 amide bonds. The van der Waals surface area contributed by atoms with Crippen LogP contribution in [0, 0.1) is 0 Å². The zero-order valence-corrected chi connectivity index (χ0v) is 44.9. The molecule has 0 spiro atoms. The molecule has 0 N–H and O–H groups in total. The molecule has 0 aromatic rings. The zero-order chi connectivity index (χ0) is 49.9. The van der Waals surface area contributed by atoms with E-state index in [9.17, 15) is 19.0 Å². The minimum absolute atomic E-state index is 0.0378. The molecule has 2 atom stereocenters. The van der Waals surface area contributed by atoms with E-state index in [2.05, 4.69) is 111 Å². The third-order valence-corrected chi connectivity index (χ3v) is 12.1. The van der Waals surface area contributed by atoms with Crippen molar-refractivity contribution in [2.75, 3.05) is 47.5 Å². The molecule has 0 aromatic carbocycles. The highest BCUT2D eigenvalue weighted by Gasteiger charge is 2.21. The Hall–Kier alpha value is -3.07. The predicted octanol–water partition coefficient (Wildman–Crippen LogP) is 15.8. The number of rotatable bonds is 48. The maximum Gasteiger partial charge on any atom is 0.306 e. The minimum atomic E-state index is -4.64. The van der Waals surface area contributed by atoms with Crippen molar-refractivity contribution >= 4 is 19.8 Å². The lowest BCUT2D eigenvalue weighted by molar-refractivity contribution is -0.870. The van der Waals surface area contributed by atoms with Crippen LogP contribution in [0.25, 0.3) is 0 Å². The van der Waals surface area contributed by atoms with E-state index < -0.39 is 32.5 Å². The van der Waals surface area contributed by atoms with Gasteiger partial charge in [-0.15, -0.1) is 0 Å². The van der Waals surface area contributed by atoms with Crippen LogP contribution in [-0.4, -0.2) is 70.0 Å². The quantitative estimate of drug-likeness (QED) is 0.0195. The molecule has 0 aliphatic carbocycles. The molecule has 0 heterocycles. The minimum Gasteiger partial charge on any atom is -0.756 e. The molecule has 0 radical (unpaired) electrons. The Morgan fingerprint density at radius 3 is 1.18 bits per heavy atom. The average molecular weight is 970 g/mol. The average Bonchev–Trinajstić information content (AvgIpc) is 3.30. The van der Waals surface area contributed by atoms with Gasteiger partial charge in [-0.1, -0.05) is 201 Å². The van der Waals surface area contributed by atoms with Gasteiger partial charge in [0.25, 0.3) is 7.82 Å². The summed E-state index contributed by atoms with van der Waals surface area (Å²) in [6.45, 7) is 3.99. The monoisotopic (exact) mass is 970 g/mol. The van der Waals surface area contributed by atoms with E-state index in [0.29, 0.717) is 23.9 Å². The number of hydrogen-bond acceptors (Lipinski definition) is 8. The number of allylic oxidation sites excluding steroid dienone is 16. The van der Waals surface area contributed by atoms with Crippen molar-refractivity contribution in [3.05, 3.63) is 97.2 Å². The first kappa shape index (κ1) is 64.9. The fraction of sp³-hybridized carbons (Fsp3) is 0.690. The molecule has 68 heavy (non-hydrogen) atoms. The van der Waals surface area contributed by atoms with E-state index in [1.807, 2.05) is 21.1 Å². The SMILES string of the molecule is CC/C=C\C/C=C\C/C=C\C/C=C\C/C=C\CCCCCCCCCCCCCC(=O)OC(COC(=O)CCCCCCCCC/C=C\C/C=C\C/C=C\CC)COP(=O)([O-])OCC[N+](C)(C)C. The standard InChI is InChI=1S/C58H100NO8P/c1-6-8-10-12-14-16-18-20-22-24-25-26-27-28-29-30-31-32-33-35-37-39-41-43-45-47-49-51-58(61)67-56(55-66-68(62,63)65-53-52-59(3,4)5)54-64-57(60)50-48-46-44-42-40-38-36-34-23-21-19-17-15-13-11-9-7-2/h8-11,14-17,20-23,25-26,28-29,56H,6-7,12-13,18-19,24,27,30-55H2,1-5H3/b10-8-,11-9-,16-14-,17-15-,22-20-,23-21-,26-25-,29-28-. The van der Waals surface area contributed by atoms with Gasteiger partial charge in [0.15, 0.2) is 6.10 Å². The summed E-state index contributed by atoms with van der Waals surface area (Å²) < 4.78 is 34.1. The topological polar surface area (TPSA) is 111 Å². The first-order valence-corrected chi connectivity index (χ1v) is 28.4. The normalized spacial score (nSPS) is 14.1. The van der Waals surface area contributed by atoms with Gasteiger partial charge in [0.2, 0.25) is 0 Å². The van der Waals surface area contributed by atoms with Gasteiger partial charge in [-0.2, -0.15) is 0 Å². The number of esters is 2. The third-order valence-electron chi connectivity index (χ3n) is 11.1. The Bertz CT molecular complexity index is 1470. The first-order valence-electron chi connectivity index (χ1n) is 26.9. The molecule has 2 unspecified atom stereocenters. The molecule has 0 bridgehead atoms. The van der Waals surface area contributed by atoms with Crippen molar-refractivity contribution in [2.24, 2.45) is 0 Å². The molecule has 10 heteroatoms. The van der Waals surface area contributed by atoms with Crippen LogP contribution in [-0.2, 0) is 32.7 Å². The van der Waals surface area contributed by atoms with Crippen molar-refractivity contribution in [1.29, 1.82) is 0 Å². The number of phosphoric acid groups is 1. The second-order valence-electron chi connectivity index (χ2n) is 18.8. The largest absolute Gasteiger partial charge is 0.756 e. The maximum absolute atomic E-state index is 12.8. The van der Waals surface area contributed by atoms with Crippen LogP contribution >= 0.6 is 7.82 Å². The maximum atomic E-state index is 12.8. The van der Waals surface area contributed by atoms with Gasteiger partial charge >= 0.3 is 11.9 Å². The second kappa shape index (κ2) is 48.9. The Balaban J connectivity index is 4.22. The number of carbonyl (C=O) groups is 2. The highest BCUT2D eigenvalue weighted by Crippen LogP contribution is 2.38. The van der Waals surface area contributed by atoms with Crippen LogP contribution in [0.15, 0.2) is 97.2 Å². The number of likely N-dealkylation sites (N-methyl/N-ethyl adjacent to an activating group) is 1. The van der Waals surface area contributed by atoms with Crippen molar-refractivity contribution in [1.82, 2.24) is 0 Å². The van der Waals surface area contributed by atoms with E-state index in [4.69, 9.17) is 18.5 Å². The van der Waals surface area contributed by atoms with Crippen LogP contribution in [0.4, 0.5) is 0 Å². The molecule has 0 saturated heterocycles. The van der Waals surface area contributed by atoms with Gasteiger partial charge in [0.05, 0.1) is 27.7 Å². The Morgan fingerprint density at radius 1 is 0.456 bits per heavy atom. The highest BCUT2D eigenvalue weighted by atomic mass is 31.2. The van der Waals surface area contributed by atoms with Gasteiger partial charge in [0, 0.05) is 12.8 Å². The summed E-state index contributed by atoms with van der Waals surface area (Å²) in [6.07, 6.45) is 65.8. The number of hydrogen-bond donors (Lipinski definition) is 0. The summed E-state index contributed by atoms with van der Waals surface area (Å²) in [4.78, 5) is 37.8. The lowest BCUT2D eigenvalue weighted by atomic mass is 10.0. The number of quaternary nitrogens is 1. The molecule has 0 saturated carbocycles. The number of unbranched alkanes of at least 4 members (excludes halogenated alkanes) is 18. The molecular weight excluding hydrogens is 870 g/mol. The number of phosphoric ester groups is 1. The van der Waals surface area contributed by atoms with Crippen LogP contribution in [0.2, 0.25) is 0 Å². The number of carbonyl (C=O) groups excluding carboxylic acids is 2. The number of ether oxygens (including phenoxy) is 2. The van der Waals surface area contributed by atoms with Gasteiger partial charge in [-0.3, -0.25) is 14.2 Å². The summed E-state index contributed by atoms with van der Waals surface area (Å²) in [6, 6.07) is 0. The molecule has 0 aromatic heterocycles. The summed E-state index contributed by atoms with van der Waals surface area (Å²) in [5.41, 5.74) is 0. The molecule has 0 aliphatic heterocycles. The molecular formula is C58H100NO8P. The molecule has 390 valence electrons. The van der Waals surface area contributed by atoms with Crippen LogP contribution < -0.4 is 4.89 Å². The van der Waals surface area contributed by atoms with Crippen molar-refractivity contribution < 1.29 is 42.1 Å². The lowest BCUT2D eigenvalue weighted by Gasteiger charge is -2.28. The van der Waals surface area contributed by atoms with Crippen molar-refractivity contribution in [2.45, 2.75) is 213 Å². The smallest absolute Gasteiger partial charge is 0.306 e. The molecule has 0 aliphatic rings. The van der Waals surface area contributed by atoms with E-state index in [1.54, 1.807) is 0 Å². The zero-order valence-electron chi connectivity index (χ0n) is 44.0. The van der Waals surface area contributed by atoms with Crippen LogP contribution in [0.1, 0.15) is 206 Å². The van der Waals surface area contributed by atoms with Gasteiger partial charge < -0.3 is 27.9 Å². The highest BCUT2D eigenvalue weighted by molar-refractivity contribution is 7.45. The van der Waals surface area contributed by atoms with Gasteiger partial charge in [-0.05, 0) is 89.9 Å². The summed E-state index contributed by atoms with van der Waals surface area (Å²) >= 11 is 0. The van der Waals surface area contributed by atoms with E-state index in [1.165, 1.54) is 64.2 Å².